The van der Waals surface area contributed by atoms with Gasteiger partial charge in [0.05, 0.1) is 27.0 Å². The second kappa shape index (κ2) is 12.3. The van der Waals surface area contributed by atoms with E-state index >= 15 is 0 Å². The van der Waals surface area contributed by atoms with Crippen molar-refractivity contribution >= 4 is 11.8 Å². The number of furan rings is 1. The zero-order valence-electron chi connectivity index (χ0n) is 21.0. The quantitative estimate of drug-likeness (QED) is 0.386. The number of methoxy groups -OCH3 is 2. The minimum absolute atomic E-state index is 0.00341. The SMILES string of the molecule is COc1cc(OC)cc(C(=O)N(CC(=O)N(Cc2ccccc2)Cc2ccco2)C2CCCCC2)c1. The Balaban J connectivity index is 1.61. The molecule has 0 saturated heterocycles. The molecule has 4 rings (SSSR count). The molecule has 7 heteroatoms. The van der Waals surface area contributed by atoms with E-state index in [1.54, 1.807) is 48.5 Å². The fourth-order valence-electron chi connectivity index (χ4n) is 4.73. The Labute approximate surface area is 212 Å². The smallest absolute Gasteiger partial charge is 0.254 e. The molecule has 0 spiro atoms. The van der Waals surface area contributed by atoms with Crippen LogP contribution in [-0.4, -0.2) is 48.4 Å². The number of carbonyl (C=O) groups excluding carboxylic acids is 2. The fraction of sp³-hybridized carbons (Fsp3) is 0.379. The Morgan fingerprint density at radius 3 is 2.19 bits per heavy atom. The van der Waals surface area contributed by atoms with E-state index in [0.717, 1.165) is 37.7 Å². The molecule has 36 heavy (non-hydrogen) atoms. The second-order valence-electron chi connectivity index (χ2n) is 9.14. The number of nitrogens with zero attached hydrogens (tertiary/aromatic N) is 2. The lowest BCUT2D eigenvalue weighted by atomic mass is 9.93. The maximum absolute atomic E-state index is 13.8. The third-order valence-electron chi connectivity index (χ3n) is 6.68. The van der Waals surface area contributed by atoms with Gasteiger partial charge >= 0.3 is 0 Å². The van der Waals surface area contributed by atoms with E-state index in [9.17, 15) is 9.59 Å². The molecule has 1 aromatic heterocycles. The lowest BCUT2D eigenvalue weighted by molar-refractivity contribution is -0.134. The summed E-state index contributed by atoms with van der Waals surface area (Å²) in [5, 5.41) is 0. The minimum atomic E-state index is -0.190. The summed E-state index contributed by atoms with van der Waals surface area (Å²) in [6, 6.07) is 18.7. The van der Waals surface area contributed by atoms with E-state index < -0.39 is 0 Å². The Morgan fingerprint density at radius 2 is 1.58 bits per heavy atom. The number of amides is 2. The highest BCUT2D eigenvalue weighted by atomic mass is 16.5. The van der Waals surface area contributed by atoms with Crippen molar-refractivity contribution in [2.45, 2.75) is 51.2 Å². The van der Waals surface area contributed by atoms with Crippen molar-refractivity contribution in [1.29, 1.82) is 0 Å². The zero-order chi connectivity index (χ0) is 25.3. The predicted molar refractivity (Wildman–Crippen MR) is 137 cm³/mol. The highest BCUT2D eigenvalue weighted by molar-refractivity contribution is 5.97. The van der Waals surface area contributed by atoms with Gasteiger partial charge in [0, 0.05) is 24.2 Å². The van der Waals surface area contributed by atoms with Crippen LogP contribution in [0.25, 0.3) is 0 Å². The molecular weight excluding hydrogens is 456 g/mol. The maximum Gasteiger partial charge on any atom is 0.254 e. The zero-order valence-corrected chi connectivity index (χ0v) is 21.0. The largest absolute Gasteiger partial charge is 0.497 e. The predicted octanol–water partition coefficient (Wildman–Crippen LogP) is 5.30. The number of rotatable bonds is 10. The Morgan fingerprint density at radius 1 is 0.889 bits per heavy atom. The first kappa shape index (κ1) is 25.4. The van der Waals surface area contributed by atoms with Crippen LogP contribution in [0.1, 0.15) is 53.8 Å². The standard InChI is InChI=1S/C29H34N2O5/c1-34-26-16-23(17-27(18-26)35-2)29(33)31(24-12-7-4-8-13-24)21-28(32)30(20-25-14-9-15-36-25)19-22-10-5-3-6-11-22/h3,5-6,9-11,14-18,24H,4,7-8,12-13,19-21H2,1-2H3. The van der Waals surface area contributed by atoms with Crippen molar-refractivity contribution in [3.8, 4) is 11.5 Å². The molecule has 0 radical (unpaired) electrons. The summed E-state index contributed by atoms with van der Waals surface area (Å²) in [6.45, 7) is 0.761. The van der Waals surface area contributed by atoms with E-state index in [4.69, 9.17) is 13.9 Å². The van der Waals surface area contributed by atoms with Crippen LogP contribution in [0.15, 0.2) is 71.3 Å². The summed E-state index contributed by atoms with van der Waals surface area (Å²) in [5.41, 5.74) is 1.47. The maximum atomic E-state index is 13.8. The van der Waals surface area contributed by atoms with Crippen molar-refractivity contribution in [2.24, 2.45) is 0 Å². The van der Waals surface area contributed by atoms with E-state index in [0.29, 0.717) is 35.9 Å². The van der Waals surface area contributed by atoms with Gasteiger partial charge in [0.25, 0.3) is 5.91 Å². The van der Waals surface area contributed by atoms with E-state index in [2.05, 4.69) is 0 Å². The monoisotopic (exact) mass is 490 g/mol. The molecule has 1 heterocycles. The molecule has 1 saturated carbocycles. The van der Waals surface area contributed by atoms with Crippen LogP contribution >= 0.6 is 0 Å². The average Bonchev–Trinajstić information content (AvgIpc) is 3.44. The first-order valence-corrected chi connectivity index (χ1v) is 12.5. The summed E-state index contributed by atoms with van der Waals surface area (Å²) in [6.07, 6.45) is 6.62. The van der Waals surface area contributed by atoms with Gasteiger partial charge in [0.15, 0.2) is 0 Å². The summed E-state index contributed by atoms with van der Waals surface area (Å²) in [4.78, 5) is 31.1. The van der Waals surface area contributed by atoms with Crippen LogP contribution in [0.4, 0.5) is 0 Å². The molecule has 0 aliphatic heterocycles. The van der Waals surface area contributed by atoms with Gasteiger partial charge in [-0.1, -0.05) is 49.6 Å². The van der Waals surface area contributed by atoms with Gasteiger partial charge in [0.1, 0.15) is 23.8 Å². The summed E-state index contributed by atoms with van der Waals surface area (Å²) in [5.74, 6) is 1.47. The number of carbonyl (C=O) groups is 2. The van der Waals surface area contributed by atoms with Crippen molar-refractivity contribution in [3.05, 3.63) is 83.8 Å². The van der Waals surface area contributed by atoms with E-state index in [1.165, 1.54) is 0 Å². The van der Waals surface area contributed by atoms with Gasteiger partial charge < -0.3 is 23.7 Å². The third-order valence-corrected chi connectivity index (χ3v) is 6.68. The molecule has 0 bridgehead atoms. The van der Waals surface area contributed by atoms with Crippen LogP contribution in [0.2, 0.25) is 0 Å². The van der Waals surface area contributed by atoms with Gasteiger partial charge in [-0.2, -0.15) is 0 Å². The molecular formula is C29H34N2O5. The van der Waals surface area contributed by atoms with Gasteiger partial charge in [0.2, 0.25) is 5.91 Å². The van der Waals surface area contributed by atoms with Crippen LogP contribution in [0, 0.1) is 0 Å². The van der Waals surface area contributed by atoms with Crippen LogP contribution < -0.4 is 9.47 Å². The first-order chi connectivity index (χ1) is 17.6. The molecule has 1 aliphatic carbocycles. The lowest BCUT2D eigenvalue weighted by Crippen LogP contribution is -2.48. The number of hydrogen-bond donors (Lipinski definition) is 0. The minimum Gasteiger partial charge on any atom is -0.497 e. The molecule has 7 nitrogen and oxygen atoms in total. The van der Waals surface area contributed by atoms with Crippen molar-refractivity contribution in [1.82, 2.24) is 9.80 Å². The Hall–Kier alpha value is -3.74. The Kier molecular flexibility index (Phi) is 8.66. The molecule has 0 N–H and O–H groups in total. The average molecular weight is 491 g/mol. The fourth-order valence-corrected chi connectivity index (χ4v) is 4.73. The van der Waals surface area contributed by atoms with Crippen LogP contribution in [0.3, 0.4) is 0 Å². The first-order valence-electron chi connectivity index (χ1n) is 12.5. The molecule has 190 valence electrons. The van der Waals surface area contributed by atoms with Crippen LogP contribution in [0.5, 0.6) is 11.5 Å². The summed E-state index contributed by atoms with van der Waals surface area (Å²) in [7, 11) is 3.11. The topological polar surface area (TPSA) is 72.2 Å². The number of benzene rings is 2. The molecule has 1 aliphatic rings. The molecule has 2 amide bonds. The van der Waals surface area contributed by atoms with Crippen molar-refractivity contribution in [3.63, 3.8) is 0 Å². The molecule has 0 unspecified atom stereocenters. The van der Waals surface area contributed by atoms with Gasteiger partial charge in [-0.3, -0.25) is 9.59 Å². The summed E-state index contributed by atoms with van der Waals surface area (Å²) < 4.78 is 16.3. The highest BCUT2D eigenvalue weighted by Crippen LogP contribution is 2.28. The second-order valence-corrected chi connectivity index (χ2v) is 9.14. The lowest BCUT2D eigenvalue weighted by Gasteiger charge is -2.35. The molecule has 1 fully saturated rings. The number of ether oxygens (including phenoxy) is 2. The van der Waals surface area contributed by atoms with Crippen molar-refractivity contribution in [2.75, 3.05) is 20.8 Å². The normalized spacial score (nSPS) is 13.7. The van der Waals surface area contributed by atoms with Crippen molar-refractivity contribution < 1.29 is 23.5 Å². The van der Waals surface area contributed by atoms with Crippen LogP contribution in [-0.2, 0) is 17.9 Å². The summed E-state index contributed by atoms with van der Waals surface area (Å²) >= 11 is 0. The van der Waals surface area contributed by atoms with Gasteiger partial charge in [-0.05, 0) is 42.7 Å². The molecule has 3 aromatic rings. The third kappa shape index (κ3) is 6.47. The molecule has 0 atom stereocenters. The van der Waals surface area contributed by atoms with Gasteiger partial charge in [-0.15, -0.1) is 0 Å². The highest BCUT2D eigenvalue weighted by Gasteiger charge is 2.30. The Bertz CT molecular complexity index is 1100. The van der Waals surface area contributed by atoms with Gasteiger partial charge in [-0.25, -0.2) is 0 Å². The number of hydrogen-bond acceptors (Lipinski definition) is 5. The van der Waals surface area contributed by atoms with E-state index in [1.807, 2.05) is 42.5 Å². The van der Waals surface area contributed by atoms with E-state index in [-0.39, 0.29) is 24.4 Å². The molecule has 2 aromatic carbocycles.